The molecular formula is C16H19O2P. The van der Waals surface area contributed by atoms with E-state index in [1.165, 1.54) is 0 Å². The number of phenols is 1. The van der Waals surface area contributed by atoms with Crippen molar-refractivity contribution in [1.82, 2.24) is 0 Å². The van der Waals surface area contributed by atoms with E-state index < -0.39 is 6.10 Å². The van der Waals surface area contributed by atoms with Crippen molar-refractivity contribution in [3.63, 3.8) is 0 Å². The van der Waals surface area contributed by atoms with Crippen LogP contribution in [0.1, 0.15) is 29.7 Å². The minimum Gasteiger partial charge on any atom is -0.507 e. The van der Waals surface area contributed by atoms with E-state index in [0.29, 0.717) is 14.3 Å². The Labute approximate surface area is 115 Å². The van der Waals surface area contributed by atoms with Gasteiger partial charge in [-0.2, -0.15) is 0 Å². The number of rotatable bonds is 3. The third-order valence-corrected chi connectivity index (χ3v) is 4.47. The molecule has 0 bridgehead atoms. The van der Waals surface area contributed by atoms with Crippen LogP contribution in [0.15, 0.2) is 36.4 Å². The summed E-state index contributed by atoms with van der Waals surface area (Å²) in [7, 11) is 0.350. The Morgan fingerprint density at radius 1 is 0.947 bits per heavy atom. The Kier molecular flexibility index (Phi) is 4.24. The molecule has 2 rings (SSSR count). The standard InChI is InChI=1S/C16H19O2P/c1-10-5-7-15(13(8-10)12(3)17)19-16-9-11(2)4-6-14(16)18/h4-9,12,17-19H,1-3H3. The van der Waals surface area contributed by atoms with Crippen LogP contribution in [0.4, 0.5) is 0 Å². The smallest absolute Gasteiger partial charge is 0.123 e. The van der Waals surface area contributed by atoms with Crippen molar-refractivity contribution >= 4 is 19.2 Å². The number of aliphatic hydroxyl groups is 1. The van der Waals surface area contributed by atoms with E-state index in [1.54, 1.807) is 13.0 Å². The van der Waals surface area contributed by atoms with Crippen LogP contribution in [0, 0.1) is 13.8 Å². The lowest BCUT2D eigenvalue weighted by Gasteiger charge is -2.14. The summed E-state index contributed by atoms with van der Waals surface area (Å²) in [6.07, 6.45) is -0.491. The van der Waals surface area contributed by atoms with Crippen molar-refractivity contribution in [2.75, 3.05) is 0 Å². The largest absolute Gasteiger partial charge is 0.507 e. The van der Waals surface area contributed by atoms with E-state index in [0.717, 1.165) is 27.3 Å². The first kappa shape index (κ1) is 14.0. The van der Waals surface area contributed by atoms with Gasteiger partial charge in [0, 0.05) is 5.30 Å². The minimum atomic E-state index is -0.491. The fourth-order valence-electron chi connectivity index (χ4n) is 2.04. The topological polar surface area (TPSA) is 40.5 Å². The highest BCUT2D eigenvalue weighted by Crippen LogP contribution is 2.24. The highest BCUT2D eigenvalue weighted by atomic mass is 31.1. The molecule has 2 nitrogen and oxygen atoms in total. The highest BCUT2D eigenvalue weighted by Gasteiger charge is 2.11. The van der Waals surface area contributed by atoms with E-state index in [9.17, 15) is 10.2 Å². The van der Waals surface area contributed by atoms with Crippen molar-refractivity contribution in [1.29, 1.82) is 0 Å². The van der Waals surface area contributed by atoms with E-state index in [-0.39, 0.29) is 0 Å². The lowest BCUT2D eigenvalue weighted by Crippen LogP contribution is -2.12. The third kappa shape index (κ3) is 3.34. The molecule has 0 aliphatic heterocycles. The molecule has 100 valence electrons. The summed E-state index contributed by atoms with van der Waals surface area (Å²) >= 11 is 0. The summed E-state index contributed by atoms with van der Waals surface area (Å²) in [5, 5.41) is 21.8. The zero-order chi connectivity index (χ0) is 14.0. The Hall–Kier alpha value is -1.37. The molecular weight excluding hydrogens is 255 g/mol. The average Bonchev–Trinajstić information content (AvgIpc) is 2.35. The monoisotopic (exact) mass is 274 g/mol. The Morgan fingerprint density at radius 2 is 1.58 bits per heavy atom. The van der Waals surface area contributed by atoms with Crippen LogP contribution in [0.25, 0.3) is 0 Å². The maximum absolute atomic E-state index is 9.92. The fraction of sp³-hybridized carbons (Fsp3) is 0.250. The number of aliphatic hydroxyl groups excluding tert-OH is 1. The van der Waals surface area contributed by atoms with Gasteiger partial charge in [0.15, 0.2) is 0 Å². The van der Waals surface area contributed by atoms with Crippen LogP contribution in [-0.4, -0.2) is 10.2 Å². The number of hydrogen-bond acceptors (Lipinski definition) is 2. The Balaban J connectivity index is 2.40. The second-order valence-corrected chi connectivity index (χ2v) is 6.24. The second-order valence-electron chi connectivity index (χ2n) is 4.91. The third-order valence-electron chi connectivity index (χ3n) is 3.08. The Bertz CT molecular complexity index is 591. The molecule has 0 aromatic heterocycles. The van der Waals surface area contributed by atoms with Gasteiger partial charge in [0.25, 0.3) is 0 Å². The molecule has 0 heterocycles. The molecule has 19 heavy (non-hydrogen) atoms. The van der Waals surface area contributed by atoms with E-state index in [2.05, 4.69) is 0 Å². The van der Waals surface area contributed by atoms with Gasteiger partial charge in [-0.3, -0.25) is 0 Å². The van der Waals surface area contributed by atoms with Crippen LogP contribution < -0.4 is 10.6 Å². The molecule has 0 spiro atoms. The fourth-order valence-corrected chi connectivity index (χ4v) is 3.43. The maximum atomic E-state index is 9.92. The molecule has 2 aromatic rings. The van der Waals surface area contributed by atoms with Crippen LogP contribution in [-0.2, 0) is 0 Å². The van der Waals surface area contributed by atoms with Crippen LogP contribution in [0.3, 0.4) is 0 Å². The van der Waals surface area contributed by atoms with Gasteiger partial charge in [-0.25, -0.2) is 0 Å². The van der Waals surface area contributed by atoms with Crippen LogP contribution >= 0.6 is 8.58 Å². The summed E-state index contributed by atoms with van der Waals surface area (Å²) in [5.74, 6) is 0.320. The van der Waals surface area contributed by atoms with Gasteiger partial charge >= 0.3 is 0 Å². The van der Waals surface area contributed by atoms with E-state index in [4.69, 9.17) is 0 Å². The van der Waals surface area contributed by atoms with Crippen molar-refractivity contribution in [3.8, 4) is 5.75 Å². The summed E-state index contributed by atoms with van der Waals surface area (Å²) in [6, 6.07) is 11.7. The van der Waals surface area contributed by atoms with Gasteiger partial charge in [0.1, 0.15) is 5.75 Å². The second kappa shape index (κ2) is 5.73. The Morgan fingerprint density at radius 3 is 2.26 bits per heavy atom. The molecule has 0 aliphatic rings. The van der Waals surface area contributed by atoms with Gasteiger partial charge in [0.05, 0.1) is 6.10 Å². The number of benzene rings is 2. The predicted octanol–water partition coefficient (Wildman–Crippen LogP) is 2.69. The number of aryl methyl sites for hydroxylation is 2. The zero-order valence-corrected chi connectivity index (χ0v) is 12.4. The molecule has 0 saturated carbocycles. The maximum Gasteiger partial charge on any atom is 0.123 e. The van der Waals surface area contributed by atoms with E-state index >= 15 is 0 Å². The van der Waals surface area contributed by atoms with Gasteiger partial charge in [0.2, 0.25) is 0 Å². The minimum absolute atomic E-state index is 0.320. The molecule has 3 heteroatoms. The summed E-state index contributed by atoms with van der Waals surface area (Å²) in [6.45, 7) is 5.81. The van der Waals surface area contributed by atoms with Crippen molar-refractivity contribution in [3.05, 3.63) is 53.1 Å². The number of aromatic hydroxyl groups is 1. The number of phenolic OH excluding ortho intramolecular Hbond substituents is 1. The van der Waals surface area contributed by atoms with Gasteiger partial charge < -0.3 is 10.2 Å². The summed E-state index contributed by atoms with van der Waals surface area (Å²) in [4.78, 5) is 0. The van der Waals surface area contributed by atoms with Gasteiger partial charge in [-0.1, -0.05) is 44.0 Å². The lowest BCUT2D eigenvalue weighted by molar-refractivity contribution is 0.200. The van der Waals surface area contributed by atoms with Crippen molar-refractivity contribution in [2.45, 2.75) is 26.9 Å². The molecule has 2 N–H and O–H groups in total. The molecule has 0 saturated heterocycles. The van der Waals surface area contributed by atoms with E-state index in [1.807, 2.05) is 44.2 Å². The normalized spacial score (nSPS) is 13.1. The molecule has 0 radical (unpaired) electrons. The van der Waals surface area contributed by atoms with Crippen LogP contribution in [0.5, 0.6) is 5.75 Å². The van der Waals surface area contributed by atoms with Gasteiger partial charge in [-0.15, -0.1) is 0 Å². The number of hydrogen-bond donors (Lipinski definition) is 2. The van der Waals surface area contributed by atoms with Crippen molar-refractivity contribution in [2.24, 2.45) is 0 Å². The molecule has 2 atom stereocenters. The summed E-state index contributed by atoms with van der Waals surface area (Å²) < 4.78 is 0. The van der Waals surface area contributed by atoms with Crippen molar-refractivity contribution < 1.29 is 10.2 Å². The predicted molar refractivity (Wildman–Crippen MR) is 82.2 cm³/mol. The van der Waals surface area contributed by atoms with Gasteiger partial charge in [-0.05, 0) is 43.8 Å². The SMILES string of the molecule is Cc1ccc(O)c(Pc2ccc(C)cc2C(C)O)c1. The molecule has 0 aliphatic carbocycles. The quantitative estimate of drug-likeness (QED) is 0.845. The highest BCUT2D eigenvalue weighted by molar-refractivity contribution is 7.55. The zero-order valence-electron chi connectivity index (χ0n) is 11.4. The molecule has 0 fully saturated rings. The molecule has 0 amide bonds. The average molecular weight is 274 g/mol. The molecule has 2 aromatic carbocycles. The van der Waals surface area contributed by atoms with Crippen LogP contribution in [0.2, 0.25) is 0 Å². The molecule has 2 unspecified atom stereocenters. The first-order valence-electron chi connectivity index (χ1n) is 6.32. The lowest BCUT2D eigenvalue weighted by atomic mass is 10.1. The first-order chi connectivity index (χ1) is 8.97. The first-order valence-corrected chi connectivity index (χ1v) is 7.32. The summed E-state index contributed by atoms with van der Waals surface area (Å²) in [5.41, 5.74) is 3.21.